The van der Waals surface area contributed by atoms with Gasteiger partial charge in [0, 0.05) is 12.6 Å². The standard InChI is InChI=1S/C20H24NO3P/c22-25(24-19-12-5-2-6-13-19)21(15-17-9-3-1-4-10-17)20-14-8-7-11-18(20)16-23-25/h1-6,9-10,12-13,18,20H,7-8,11,14-16H2/t18-,20+,25-/m1/s1. The maximum Gasteiger partial charge on any atom is 0.461 e. The highest BCUT2D eigenvalue weighted by Gasteiger charge is 2.48. The third-order valence-electron chi connectivity index (χ3n) is 5.17. The zero-order valence-corrected chi connectivity index (χ0v) is 15.2. The molecule has 3 atom stereocenters. The Hall–Kier alpha value is -1.61. The van der Waals surface area contributed by atoms with Crippen LogP contribution in [-0.2, 0) is 15.6 Å². The minimum atomic E-state index is -3.37. The van der Waals surface area contributed by atoms with Crippen LogP contribution in [0.1, 0.15) is 31.2 Å². The first-order valence-electron chi connectivity index (χ1n) is 9.05. The smallest absolute Gasteiger partial charge is 0.413 e. The molecule has 0 N–H and O–H groups in total. The molecule has 2 aromatic carbocycles. The molecular formula is C20H24NO3P. The number of hydrogen-bond acceptors (Lipinski definition) is 3. The Kier molecular flexibility index (Phi) is 4.93. The molecule has 1 saturated heterocycles. The van der Waals surface area contributed by atoms with E-state index in [9.17, 15) is 4.57 Å². The van der Waals surface area contributed by atoms with Crippen LogP contribution in [0.15, 0.2) is 60.7 Å². The maximum absolute atomic E-state index is 13.7. The molecule has 2 aliphatic rings. The third-order valence-corrected chi connectivity index (χ3v) is 7.15. The van der Waals surface area contributed by atoms with Crippen molar-refractivity contribution in [1.82, 2.24) is 4.67 Å². The van der Waals surface area contributed by atoms with Crippen molar-refractivity contribution in [2.75, 3.05) is 6.61 Å². The molecule has 0 unspecified atom stereocenters. The Morgan fingerprint density at radius 1 is 1.00 bits per heavy atom. The minimum absolute atomic E-state index is 0.261. The summed E-state index contributed by atoms with van der Waals surface area (Å²) in [7, 11) is -3.37. The number of benzene rings is 2. The molecule has 1 aliphatic carbocycles. The molecule has 1 saturated carbocycles. The van der Waals surface area contributed by atoms with Crippen LogP contribution in [0, 0.1) is 5.92 Å². The fraction of sp³-hybridized carbons (Fsp3) is 0.400. The molecule has 4 rings (SSSR count). The summed E-state index contributed by atoms with van der Waals surface area (Å²) in [5, 5.41) is 0. The molecule has 4 nitrogen and oxygen atoms in total. The first-order chi connectivity index (χ1) is 12.2. The maximum atomic E-state index is 13.7. The fourth-order valence-electron chi connectivity index (χ4n) is 3.89. The summed E-state index contributed by atoms with van der Waals surface area (Å²) in [6, 6.07) is 19.8. The molecule has 1 aliphatic heterocycles. The Labute approximate surface area is 149 Å². The molecule has 0 aromatic heterocycles. The van der Waals surface area contributed by atoms with E-state index in [1.54, 1.807) is 0 Å². The van der Waals surface area contributed by atoms with Gasteiger partial charge in [0.25, 0.3) is 0 Å². The van der Waals surface area contributed by atoms with Gasteiger partial charge in [-0.2, -0.15) is 4.67 Å². The number of rotatable bonds is 4. The van der Waals surface area contributed by atoms with Gasteiger partial charge in [0.1, 0.15) is 5.75 Å². The molecule has 0 radical (unpaired) electrons. The van der Waals surface area contributed by atoms with Crippen molar-refractivity contribution >= 4 is 7.75 Å². The predicted octanol–water partition coefficient (Wildman–Crippen LogP) is 5.26. The van der Waals surface area contributed by atoms with Crippen molar-refractivity contribution in [3.05, 3.63) is 66.2 Å². The molecule has 0 amide bonds. The van der Waals surface area contributed by atoms with E-state index >= 15 is 0 Å². The highest BCUT2D eigenvalue weighted by Crippen LogP contribution is 2.59. The van der Waals surface area contributed by atoms with Crippen molar-refractivity contribution in [1.29, 1.82) is 0 Å². The van der Waals surface area contributed by atoms with Crippen molar-refractivity contribution in [3.63, 3.8) is 0 Å². The van der Waals surface area contributed by atoms with Crippen LogP contribution in [0.3, 0.4) is 0 Å². The summed E-state index contributed by atoms with van der Waals surface area (Å²) in [6.45, 7) is 1.12. The lowest BCUT2D eigenvalue weighted by atomic mass is 9.85. The van der Waals surface area contributed by atoms with Gasteiger partial charge in [0.15, 0.2) is 0 Å². The van der Waals surface area contributed by atoms with Crippen LogP contribution in [-0.4, -0.2) is 17.3 Å². The van der Waals surface area contributed by atoms with Gasteiger partial charge in [0.05, 0.1) is 6.61 Å². The summed E-state index contributed by atoms with van der Waals surface area (Å²) in [5.74, 6) is 1.04. The van der Waals surface area contributed by atoms with E-state index in [-0.39, 0.29) is 6.04 Å². The monoisotopic (exact) mass is 357 g/mol. The van der Waals surface area contributed by atoms with E-state index in [1.165, 1.54) is 12.8 Å². The van der Waals surface area contributed by atoms with E-state index in [0.29, 0.717) is 24.8 Å². The van der Waals surface area contributed by atoms with Crippen LogP contribution in [0.25, 0.3) is 0 Å². The van der Waals surface area contributed by atoms with Gasteiger partial charge >= 0.3 is 7.75 Å². The van der Waals surface area contributed by atoms with Crippen molar-refractivity contribution in [3.8, 4) is 5.75 Å². The Morgan fingerprint density at radius 2 is 1.68 bits per heavy atom. The lowest BCUT2D eigenvalue weighted by Gasteiger charge is -2.46. The van der Waals surface area contributed by atoms with Gasteiger partial charge in [-0.3, -0.25) is 4.52 Å². The minimum Gasteiger partial charge on any atom is -0.413 e. The second kappa shape index (κ2) is 7.33. The Bertz CT molecular complexity index is 737. The normalized spacial score (nSPS) is 29.8. The lowest BCUT2D eigenvalue weighted by Crippen LogP contribution is -2.47. The Morgan fingerprint density at radius 3 is 2.44 bits per heavy atom. The van der Waals surface area contributed by atoms with E-state index in [0.717, 1.165) is 18.4 Å². The average Bonchev–Trinajstić information content (AvgIpc) is 2.66. The van der Waals surface area contributed by atoms with E-state index < -0.39 is 7.75 Å². The molecule has 0 bridgehead atoms. The highest BCUT2D eigenvalue weighted by molar-refractivity contribution is 7.51. The summed E-state index contributed by atoms with van der Waals surface area (Å²) in [5.41, 5.74) is 1.13. The molecule has 0 spiro atoms. The van der Waals surface area contributed by atoms with Gasteiger partial charge in [-0.25, -0.2) is 4.57 Å². The van der Waals surface area contributed by atoms with Gasteiger partial charge < -0.3 is 4.52 Å². The highest BCUT2D eigenvalue weighted by atomic mass is 31.2. The number of hydrogen-bond donors (Lipinski definition) is 0. The topological polar surface area (TPSA) is 38.8 Å². The number of nitrogens with zero attached hydrogens (tertiary/aromatic N) is 1. The predicted molar refractivity (Wildman–Crippen MR) is 98.4 cm³/mol. The van der Waals surface area contributed by atoms with E-state index in [4.69, 9.17) is 9.05 Å². The van der Waals surface area contributed by atoms with Crippen LogP contribution in [0.5, 0.6) is 5.75 Å². The zero-order valence-electron chi connectivity index (χ0n) is 14.3. The van der Waals surface area contributed by atoms with Crippen LogP contribution in [0.2, 0.25) is 0 Å². The number of para-hydroxylation sites is 1. The lowest BCUT2D eigenvalue weighted by molar-refractivity contribution is 0.0429. The molecule has 1 heterocycles. The van der Waals surface area contributed by atoms with Crippen molar-refractivity contribution < 1.29 is 13.6 Å². The third kappa shape index (κ3) is 3.67. The van der Waals surface area contributed by atoms with Gasteiger partial charge in [-0.15, -0.1) is 0 Å². The van der Waals surface area contributed by atoms with Gasteiger partial charge in [-0.05, 0) is 36.5 Å². The number of fused-ring (bicyclic) bond motifs is 1. The first-order valence-corrected chi connectivity index (χ1v) is 10.5. The quantitative estimate of drug-likeness (QED) is 0.699. The molecular weight excluding hydrogens is 333 g/mol. The second-order valence-corrected chi connectivity index (χ2v) is 8.76. The molecule has 2 fully saturated rings. The molecule has 132 valence electrons. The molecule has 25 heavy (non-hydrogen) atoms. The van der Waals surface area contributed by atoms with Crippen molar-refractivity contribution in [2.24, 2.45) is 5.92 Å². The fourth-order valence-corrected chi connectivity index (χ4v) is 5.97. The summed E-state index contributed by atoms with van der Waals surface area (Å²) in [6.07, 6.45) is 4.61. The van der Waals surface area contributed by atoms with Crippen molar-refractivity contribution in [2.45, 2.75) is 38.3 Å². The molecule has 2 aromatic rings. The molecule has 5 heteroatoms. The van der Waals surface area contributed by atoms with Crippen LogP contribution >= 0.6 is 7.75 Å². The summed E-state index contributed by atoms with van der Waals surface area (Å²) >= 11 is 0. The first kappa shape index (κ1) is 16.8. The van der Waals surface area contributed by atoms with Crippen LogP contribution < -0.4 is 4.52 Å². The Balaban J connectivity index is 1.64. The second-order valence-electron chi connectivity index (χ2n) is 6.86. The van der Waals surface area contributed by atoms with Crippen LogP contribution in [0.4, 0.5) is 0 Å². The average molecular weight is 357 g/mol. The summed E-state index contributed by atoms with van der Waals surface area (Å²) < 4.78 is 27.5. The summed E-state index contributed by atoms with van der Waals surface area (Å²) in [4.78, 5) is 0. The SMILES string of the molecule is O=[P@@]1(Oc2ccccc2)OC[C@H]2CCCC[C@@H]2N1Cc1ccccc1. The zero-order chi connectivity index (χ0) is 17.1. The largest absolute Gasteiger partial charge is 0.461 e. The van der Waals surface area contributed by atoms with Gasteiger partial charge in [0.2, 0.25) is 0 Å². The van der Waals surface area contributed by atoms with E-state index in [2.05, 4.69) is 12.1 Å². The van der Waals surface area contributed by atoms with Gasteiger partial charge in [-0.1, -0.05) is 61.4 Å². The van der Waals surface area contributed by atoms with E-state index in [1.807, 2.05) is 53.2 Å².